The Labute approximate surface area is 189 Å². The number of aryl methyl sites for hydroxylation is 1. The second-order valence-electron chi connectivity index (χ2n) is 8.54. The molecule has 2 aromatic carbocycles. The van der Waals surface area contributed by atoms with Crippen molar-refractivity contribution < 1.29 is 14.3 Å². The number of aromatic amines is 1. The highest BCUT2D eigenvalue weighted by molar-refractivity contribution is 5.89. The van der Waals surface area contributed by atoms with E-state index in [1.807, 2.05) is 30.5 Å². The Hall–Kier alpha value is -2.83. The van der Waals surface area contributed by atoms with Crippen LogP contribution in [0.15, 0.2) is 42.6 Å². The molecular formula is C26H33N3O3. The van der Waals surface area contributed by atoms with Gasteiger partial charge in [-0.3, -0.25) is 4.90 Å². The lowest BCUT2D eigenvalue weighted by Crippen LogP contribution is -2.36. The molecule has 1 unspecified atom stereocenters. The standard InChI is InChI=1S/C26H33N3O3/c1-18-15-24(31-2)23(22-10-11-28-25(18)22)17-27-12-14-29-13-4-5-21(29)16-19-6-8-20(9-7-19)26(30)32-3/h6-11,15,21,27-28H,4-5,12-14,16-17H2,1-3H3. The summed E-state index contributed by atoms with van der Waals surface area (Å²) in [6.07, 6.45) is 5.46. The molecule has 1 atom stereocenters. The van der Waals surface area contributed by atoms with Gasteiger partial charge in [-0.05, 0) is 68.1 Å². The van der Waals surface area contributed by atoms with Crippen molar-refractivity contribution in [2.75, 3.05) is 33.9 Å². The topological polar surface area (TPSA) is 66.6 Å². The minimum absolute atomic E-state index is 0.285. The van der Waals surface area contributed by atoms with Crippen LogP contribution in [0.3, 0.4) is 0 Å². The van der Waals surface area contributed by atoms with Gasteiger partial charge in [0.1, 0.15) is 5.75 Å². The fourth-order valence-electron chi connectivity index (χ4n) is 4.82. The molecule has 1 aromatic heterocycles. The smallest absolute Gasteiger partial charge is 0.337 e. The number of rotatable bonds is 9. The van der Waals surface area contributed by atoms with Gasteiger partial charge in [0.05, 0.1) is 19.8 Å². The van der Waals surface area contributed by atoms with Crippen molar-refractivity contribution in [3.05, 3.63) is 64.8 Å². The van der Waals surface area contributed by atoms with Crippen LogP contribution in [0, 0.1) is 6.92 Å². The zero-order valence-corrected chi connectivity index (χ0v) is 19.2. The maximum absolute atomic E-state index is 11.6. The van der Waals surface area contributed by atoms with Crippen LogP contribution < -0.4 is 10.1 Å². The molecule has 170 valence electrons. The van der Waals surface area contributed by atoms with Crippen LogP contribution >= 0.6 is 0 Å². The van der Waals surface area contributed by atoms with E-state index in [0.29, 0.717) is 11.6 Å². The van der Waals surface area contributed by atoms with E-state index in [1.54, 1.807) is 7.11 Å². The fraction of sp³-hybridized carbons (Fsp3) is 0.423. The molecule has 4 rings (SSSR count). The van der Waals surface area contributed by atoms with E-state index in [1.165, 1.54) is 47.5 Å². The zero-order chi connectivity index (χ0) is 22.5. The maximum atomic E-state index is 11.6. The summed E-state index contributed by atoms with van der Waals surface area (Å²) in [6, 6.07) is 12.6. The first kappa shape index (κ1) is 22.4. The molecule has 1 aliphatic rings. The molecule has 1 saturated heterocycles. The lowest BCUT2D eigenvalue weighted by atomic mass is 10.0. The molecule has 2 heterocycles. The SMILES string of the molecule is COC(=O)c1ccc(CC2CCCN2CCNCc2c(OC)cc(C)c3[nH]ccc23)cc1. The van der Waals surface area contributed by atoms with Gasteiger partial charge in [-0.1, -0.05) is 12.1 Å². The Balaban J connectivity index is 1.31. The molecule has 0 saturated carbocycles. The molecule has 6 heteroatoms. The van der Waals surface area contributed by atoms with Crippen molar-refractivity contribution in [2.24, 2.45) is 0 Å². The molecule has 0 aliphatic carbocycles. The van der Waals surface area contributed by atoms with Gasteiger partial charge < -0.3 is 19.8 Å². The van der Waals surface area contributed by atoms with Crippen molar-refractivity contribution in [3.8, 4) is 5.75 Å². The van der Waals surface area contributed by atoms with Crippen molar-refractivity contribution >= 4 is 16.9 Å². The molecule has 0 bridgehead atoms. The number of nitrogens with one attached hydrogen (secondary N) is 2. The van der Waals surface area contributed by atoms with Crippen LogP contribution in [0.2, 0.25) is 0 Å². The van der Waals surface area contributed by atoms with Crippen LogP contribution in [0.4, 0.5) is 0 Å². The average Bonchev–Trinajstić information content (AvgIpc) is 3.48. The third kappa shape index (κ3) is 4.81. The zero-order valence-electron chi connectivity index (χ0n) is 19.2. The van der Waals surface area contributed by atoms with Crippen LogP contribution in [-0.2, 0) is 17.7 Å². The van der Waals surface area contributed by atoms with Gasteiger partial charge in [0.15, 0.2) is 0 Å². The summed E-state index contributed by atoms with van der Waals surface area (Å²) >= 11 is 0. The number of nitrogens with zero attached hydrogens (tertiary/aromatic N) is 1. The van der Waals surface area contributed by atoms with E-state index in [4.69, 9.17) is 9.47 Å². The summed E-state index contributed by atoms with van der Waals surface area (Å²) in [4.78, 5) is 17.6. The van der Waals surface area contributed by atoms with Crippen LogP contribution in [-0.4, -0.2) is 55.7 Å². The number of ether oxygens (including phenoxy) is 2. The summed E-state index contributed by atoms with van der Waals surface area (Å²) in [5.74, 6) is 0.656. The number of hydrogen-bond acceptors (Lipinski definition) is 5. The van der Waals surface area contributed by atoms with E-state index < -0.39 is 0 Å². The van der Waals surface area contributed by atoms with Gasteiger partial charge in [0.25, 0.3) is 0 Å². The van der Waals surface area contributed by atoms with Gasteiger partial charge in [0, 0.05) is 48.3 Å². The number of aromatic nitrogens is 1. The van der Waals surface area contributed by atoms with Crippen LogP contribution in [0.25, 0.3) is 10.9 Å². The number of carbonyl (C=O) groups excluding carboxylic acids is 1. The number of likely N-dealkylation sites (tertiary alicyclic amines) is 1. The second kappa shape index (κ2) is 10.2. The lowest BCUT2D eigenvalue weighted by Gasteiger charge is -2.25. The fourth-order valence-corrected chi connectivity index (χ4v) is 4.82. The Kier molecular flexibility index (Phi) is 7.12. The summed E-state index contributed by atoms with van der Waals surface area (Å²) in [5, 5.41) is 4.85. The molecule has 6 nitrogen and oxygen atoms in total. The van der Waals surface area contributed by atoms with Gasteiger partial charge >= 0.3 is 5.97 Å². The number of hydrogen-bond donors (Lipinski definition) is 2. The minimum atomic E-state index is -0.285. The van der Waals surface area contributed by atoms with E-state index >= 15 is 0 Å². The number of benzene rings is 2. The van der Waals surface area contributed by atoms with Crippen LogP contribution in [0.5, 0.6) is 5.75 Å². The molecule has 3 aromatic rings. The predicted octanol–water partition coefficient (Wildman–Crippen LogP) is 4.07. The third-order valence-corrected chi connectivity index (χ3v) is 6.55. The quantitative estimate of drug-likeness (QED) is 0.392. The predicted molar refractivity (Wildman–Crippen MR) is 127 cm³/mol. The third-order valence-electron chi connectivity index (χ3n) is 6.55. The van der Waals surface area contributed by atoms with Gasteiger partial charge in [-0.2, -0.15) is 0 Å². The summed E-state index contributed by atoms with van der Waals surface area (Å²) in [5.41, 5.74) is 5.46. The minimum Gasteiger partial charge on any atom is -0.496 e. The lowest BCUT2D eigenvalue weighted by molar-refractivity contribution is 0.0600. The Morgan fingerprint density at radius 1 is 1.22 bits per heavy atom. The molecule has 0 radical (unpaired) electrons. The Morgan fingerprint density at radius 2 is 2.03 bits per heavy atom. The summed E-state index contributed by atoms with van der Waals surface area (Å²) < 4.78 is 10.4. The van der Waals surface area contributed by atoms with E-state index in [9.17, 15) is 4.79 Å². The number of fused-ring (bicyclic) bond motifs is 1. The highest BCUT2D eigenvalue weighted by Crippen LogP contribution is 2.30. The number of carbonyl (C=O) groups is 1. The van der Waals surface area contributed by atoms with Gasteiger partial charge in [0.2, 0.25) is 0 Å². The summed E-state index contributed by atoms with van der Waals surface area (Å²) in [6.45, 7) is 5.99. The van der Waals surface area contributed by atoms with Crippen molar-refractivity contribution in [1.29, 1.82) is 0 Å². The first-order valence-corrected chi connectivity index (χ1v) is 11.4. The van der Waals surface area contributed by atoms with E-state index in [-0.39, 0.29) is 5.97 Å². The molecule has 0 spiro atoms. The van der Waals surface area contributed by atoms with Crippen molar-refractivity contribution in [1.82, 2.24) is 15.2 Å². The second-order valence-corrected chi connectivity index (χ2v) is 8.54. The highest BCUT2D eigenvalue weighted by Gasteiger charge is 2.24. The molecule has 1 fully saturated rings. The Morgan fingerprint density at radius 3 is 2.78 bits per heavy atom. The number of esters is 1. The Bertz CT molecular complexity index is 1060. The van der Waals surface area contributed by atoms with Crippen molar-refractivity contribution in [3.63, 3.8) is 0 Å². The van der Waals surface area contributed by atoms with E-state index in [0.717, 1.165) is 38.3 Å². The highest BCUT2D eigenvalue weighted by atomic mass is 16.5. The van der Waals surface area contributed by atoms with E-state index in [2.05, 4.69) is 34.3 Å². The molecule has 0 amide bonds. The van der Waals surface area contributed by atoms with Gasteiger partial charge in [-0.15, -0.1) is 0 Å². The first-order chi connectivity index (χ1) is 15.6. The maximum Gasteiger partial charge on any atom is 0.337 e. The normalized spacial score (nSPS) is 16.5. The molecule has 1 aliphatic heterocycles. The largest absolute Gasteiger partial charge is 0.496 e. The molecular weight excluding hydrogens is 402 g/mol. The van der Waals surface area contributed by atoms with Gasteiger partial charge in [-0.25, -0.2) is 4.79 Å². The average molecular weight is 436 g/mol. The van der Waals surface area contributed by atoms with Crippen LogP contribution in [0.1, 0.15) is 39.9 Å². The van der Waals surface area contributed by atoms with Crippen molar-refractivity contribution in [2.45, 2.75) is 38.8 Å². The molecule has 32 heavy (non-hydrogen) atoms. The number of methoxy groups -OCH3 is 2. The monoisotopic (exact) mass is 435 g/mol. The molecule has 2 N–H and O–H groups in total. The summed E-state index contributed by atoms with van der Waals surface area (Å²) in [7, 11) is 3.15. The number of H-pyrrole nitrogens is 1. The first-order valence-electron chi connectivity index (χ1n) is 11.4.